The summed E-state index contributed by atoms with van der Waals surface area (Å²) < 4.78 is 22.7. The summed E-state index contributed by atoms with van der Waals surface area (Å²) in [6, 6.07) is 0. The molecule has 1 N–H and O–H groups in total. The molecule has 1 nitrogen and oxygen atoms in total. The lowest BCUT2D eigenvalue weighted by atomic mass is 10.1. The van der Waals surface area contributed by atoms with Crippen LogP contribution in [-0.2, 0) is 0 Å². The van der Waals surface area contributed by atoms with Gasteiger partial charge in [-0.2, -0.15) is 8.78 Å². The maximum absolute atomic E-state index is 11.4. The van der Waals surface area contributed by atoms with Gasteiger partial charge in [-0.05, 0) is 11.8 Å². The predicted octanol–water partition coefficient (Wildman–Crippen LogP) is 1.27. The van der Waals surface area contributed by atoms with Crippen LogP contribution in [0.25, 0.3) is 0 Å². The largest absolute Gasteiger partial charge is 0.380 e. The van der Waals surface area contributed by atoms with Crippen LogP contribution in [0, 0.1) is 17.8 Å². The van der Waals surface area contributed by atoms with Crippen molar-refractivity contribution in [3.63, 3.8) is 0 Å². The second-order valence-corrected chi connectivity index (χ2v) is 2.28. The molecular formula is C7H10F2O. The molecule has 0 aliphatic carbocycles. The van der Waals surface area contributed by atoms with Gasteiger partial charge in [-0.15, -0.1) is 0 Å². The number of alkyl halides is 2. The Labute approximate surface area is 59.1 Å². The van der Waals surface area contributed by atoms with E-state index in [1.54, 1.807) is 19.8 Å². The van der Waals surface area contributed by atoms with E-state index in [4.69, 9.17) is 5.11 Å². The van der Waals surface area contributed by atoms with Crippen LogP contribution in [-0.4, -0.2) is 17.6 Å². The molecule has 1 atom stereocenters. The normalized spacial score (nSPS) is 13.1. The lowest BCUT2D eigenvalue weighted by Gasteiger charge is -2.04. The van der Waals surface area contributed by atoms with Crippen LogP contribution >= 0.6 is 0 Å². The van der Waals surface area contributed by atoms with E-state index in [1.165, 1.54) is 0 Å². The highest BCUT2D eigenvalue weighted by atomic mass is 19.3. The monoisotopic (exact) mass is 148 g/mol. The quantitative estimate of drug-likeness (QED) is 0.555. The third kappa shape index (κ3) is 4.28. The highest BCUT2D eigenvalue weighted by Crippen LogP contribution is 1.99. The molecule has 3 heteroatoms. The Morgan fingerprint density at radius 3 is 2.00 bits per heavy atom. The Kier molecular flexibility index (Phi) is 3.97. The Bertz CT molecular complexity index is 143. The molecule has 1 unspecified atom stereocenters. The average molecular weight is 148 g/mol. The summed E-state index contributed by atoms with van der Waals surface area (Å²) in [6.07, 6.45) is -3.58. The maximum Gasteiger partial charge on any atom is 0.298 e. The number of hydrogen-bond acceptors (Lipinski definition) is 1. The molecule has 58 valence electrons. The third-order valence-electron chi connectivity index (χ3n) is 0.972. The van der Waals surface area contributed by atoms with Crippen LogP contribution in [0.1, 0.15) is 13.8 Å². The lowest BCUT2D eigenvalue weighted by Crippen LogP contribution is -2.11. The summed E-state index contributed by atoms with van der Waals surface area (Å²) in [5.41, 5.74) is 0. The zero-order chi connectivity index (χ0) is 8.15. The zero-order valence-corrected chi connectivity index (χ0v) is 5.94. The topological polar surface area (TPSA) is 20.2 Å². The van der Waals surface area contributed by atoms with Crippen molar-refractivity contribution >= 4 is 0 Å². The van der Waals surface area contributed by atoms with Crippen molar-refractivity contribution in [2.75, 3.05) is 0 Å². The van der Waals surface area contributed by atoms with Gasteiger partial charge >= 0.3 is 0 Å². The van der Waals surface area contributed by atoms with Crippen molar-refractivity contribution in [2.45, 2.75) is 26.4 Å². The molecule has 0 spiro atoms. The third-order valence-corrected chi connectivity index (χ3v) is 0.972. The van der Waals surface area contributed by atoms with Crippen molar-refractivity contribution < 1.29 is 13.9 Å². The van der Waals surface area contributed by atoms with E-state index in [2.05, 4.69) is 0 Å². The van der Waals surface area contributed by atoms with E-state index in [0.29, 0.717) is 0 Å². The van der Waals surface area contributed by atoms with Crippen molar-refractivity contribution in [3.05, 3.63) is 0 Å². The molecule has 0 heterocycles. The summed E-state index contributed by atoms with van der Waals surface area (Å²) in [5.74, 6) is 3.54. The van der Waals surface area contributed by atoms with Gasteiger partial charge in [-0.1, -0.05) is 19.8 Å². The van der Waals surface area contributed by atoms with E-state index in [1.807, 2.05) is 5.92 Å². The number of halogens is 2. The summed E-state index contributed by atoms with van der Waals surface area (Å²) >= 11 is 0. The highest BCUT2D eigenvalue weighted by Gasteiger charge is 2.04. The molecule has 0 aliphatic rings. The molecular weight excluding hydrogens is 138 g/mol. The minimum absolute atomic E-state index is 0.0914. The van der Waals surface area contributed by atoms with Gasteiger partial charge in [-0.3, -0.25) is 0 Å². The van der Waals surface area contributed by atoms with Gasteiger partial charge in [0.25, 0.3) is 6.43 Å². The van der Waals surface area contributed by atoms with Crippen LogP contribution in [0.15, 0.2) is 0 Å². The maximum atomic E-state index is 11.4. The molecule has 0 saturated heterocycles. The smallest absolute Gasteiger partial charge is 0.298 e. The van der Waals surface area contributed by atoms with Crippen molar-refractivity contribution in [3.8, 4) is 11.8 Å². The predicted molar refractivity (Wildman–Crippen MR) is 34.6 cm³/mol. The summed E-state index contributed by atoms with van der Waals surface area (Å²) in [4.78, 5) is 0. The molecule has 0 fully saturated rings. The number of rotatable bonds is 1. The van der Waals surface area contributed by atoms with Crippen molar-refractivity contribution in [1.82, 2.24) is 0 Å². The lowest BCUT2D eigenvalue weighted by molar-refractivity contribution is 0.178. The highest BCUT2D eigenvalue weighted by molar-refractivity contribution is 5.07. The summed E-state index contributed by atoms with van der Waals surface area (Å²) in [7, 11) is 0. The molecule has 0 aromatic heterocycles. The SMILES string of the molecule is CC(C)C(O)C#CC(F)F. The second kappa shape index (κ2) is 4.24. The number of aliphatic hydroxyl groups excluding tert-OH is 1. The first-order valence-electron chi connectivity index (χ1n) is 3.01. The Morgan fingerprint density at radius 2 is 1.70 bits per heavy atom. The fourth-order valence-electron chi connectivity index (χ4n) is 0.315. The van der Waals surface area contributed by atoms with E-state index in [-0.39, 0.29) is 5.92 Å². The van der Waals surface area contributed by atoms with Crippen molar-refractivity contribution in [2.24, 2.45) is 5.92 Å². The Morgan fingerprint density at radius 1 is 1.20 bits per heavy atom. The van der Waals surface area contributed by atoms with Gasteiger partial charge in [0.2, 0.25) is 0 Å². The van der Waals surface area contributed by atoms with Crippen LogP contribution in [0.3, 0.4) is 0 Å². The number of aliphatic hydroxyl groups is 1. The molecule has 0 aromatic carbocycles. The molecule has 0 aromatic rings. The van der Waals surface area contributed by atoms with Gasteiger partial charge in [0.15, 0.2) is 0 Å². The minimum Gasteiger partial charge on any atom is -0.380 e. The summed E-state index contributed by atoms with van der Waals surface area (Å²) in [5, 5.41) is 8.87. The molecule has 0 rings (SSSR count). The van der Waals surface area contributed by atoms with Gasteiger partial charge in [0, 0.05) is 0 Å². The molecule has 0 saturated carbocycles. The van der Waals surface area contributed by atoms with Crippen LogP contribution in [0.4, 0.5) is 8.78 Å². The van der Waals surface area contributed by atoms with Crippen LogP contribution in [0.2, 0.25) is 0 Å². The Hall–Kier alpha value is -0.620. The van der Waals surface area contributed by atoms with Gasteiger partial charge in [-0.25, -0.2) is 0 Å². The first-order valence-corrected chi connectivity index (χ1v) is 3.01. The van der Waals surface area contributed by atoms with E-state index in [0.717, 1.165) is 0 Å². The van der Waals surface area contributed by atoms with E-state index < -0.39 is 12.5 Å². The molecule has 0 bridgehead atoms. The molecule has 0 amide bonds. The first-order chi connectivity index (χ1) is 4.54. The van der Waals surface area contributed by atoms with Crippen LogP contribution in [0.5, 0.6) is 0 Å². The molecule has 0 aliphatic heterocycles. The van der Waals surface area contributed by atoms with Crippen molar-refractivity contribution in [1.29, 1.82) is 0 Å². The van der Waals surface area contributed by atoms with Gasteiger partial charge in [0.05, 0.1) is 0 Å². The van der Waals surface area contributed by atoms with Gasteiger partial charge in [0.1, 0.15) is 6.10 Å². The zero-order valence-electron chi connectivity index (χ0n) is 5.94. The number of hydrogen-bond donors (Lipinski definition) is 1. The minimum atomic E-state index is -2.65. The van der Waals surface area contributed by atoms with Gasteiger partial charge < -0.3 is 5.11 Å². The van der Waals surface area contributed by atoms with E-state index in [9.17, 15) is 8.78 Å². The van der Waals surface area contributed by atoms with E-state index >= 15 is 0 Å². The second-order valence-electron chi connectivity index (χ2n) is 2.28. The fourth-order valence-corrected chi connectivity index (χ4v) is 0.315. The first kappa shape index (κ1) is 9.38. The molecule has 0 radical (unpaired) electrons. The standard InChI is InChI=1S/C7H10F2O/c1-5(2)6(10)3-4-7(8)9/h5-7,10H,1-2H3. The Balaban J connectivity index is 3.80. The average Bonchev–Trinajstić information content (AvgIpc) is 1.82. The molecule has 10 heavy (non-hydrogen) atoms. The van der Waals surface area contributed by atoms with Crippen LogP contribution < -0.4 is 0 Å². The fraction of sp³-hybridized carbons (Fsp3) is 0.714. The summed E-state index contributed by atoms with van der Waals surface area (Å²) in [6.45, 7) is 3.43.